The fourth-order valence-corrected chi connectivity index (χ4v) is 3.26. The van der Waals surface area contributed by atoms with Gasteiger partial charge < -0.3 is 5.32 Å². The maximum absolute atomic E-state index is 12.5. The van der Waals surface area contributed by atoms with Crippen molar-refractivity contribution in [3.05, 3.63) is 70.2 Å². The normalized spacial score (nSPS) is 18.8. The minimum Gasteiger partial charge on any atom is -0.316 e. The Morgan fingerprint density at radius 3 is 2.48 bits per heavy atom. The molecule has 120 valence electrons. The Labute approximate surface area is 142 Å². The second-order valence-corrected chi connectivity index (χ2v) is 6.78. The second kappa shape index (κ2) is 7.29. The zero-order valence-corrected chi connectivity index (χ0v) is 14.1. The highest BCUT2D eigenvalue weighted by atomic mass is 35.5. The molecular formula is C20H22ClNO. The number of halogens is 1. The van der Waals surface area contributed by atoms with Crippen molar-refractivity contribution in [2.24, 2.45) is 0 Å². The van der Waals surface area contributed by atoms with E-state index in [-0.39, 0.29) is 11.7 Å². The number of ketones is 1. The second-order valence-electron chi connectivity index (χ2n) is 6.35. The predicted octanol–water partition coefficient (Wildman–Crippen LogP) is 4.33. The van der Waals surface area contributed by atoms with Crippen LogP contribution in [-0.4, -0.2) is 18.9 Å². The fraction of sp³-hybridized carbons (Fsp3) is 0.350. The third-order valence-electron chi connectivity index (χ3n) is 4.74. The minimum absolute atomic E-state index is 0.106. The highest BCUT2D eigenvalue weighted by Gasteiger charge is 2.18. The van der Waals surface area contributed by atoms with Gasteiger partial charge in [0.05, 0.1) is 0 Å². The largest absolute Gasteiger partial charge is 0.316 e. The maximum Gasteiger partial charge on any atom is 0.144 e. The summed E-state index contributed by atoms with van der Waals surface area (Å²) in [6.45, 7) is 4.12. The van der Waals surface area contributed by atoms with Gasteiger partial charge in [-0.1, -0.05) is 54.9 Å². The van der Waals surface area contributed by atoms with Crippen LogP contribution < -0.4 is 5.32 Å². The molecule has 1 aliphatic rings. The number of hydrogen-bond acceptors (Lipinski definition) is 2. The van der Waals surface area contributed by atoms with Gasteiger partial charge in [0.15, 0.2) is 0 Å². The summed E-state index contributed by atoms with van der Waals surface area (Å²) in [6, 6.07) is 16.1. The molecule has 0 radical (unpaired) electrons. The van der Waals surface area contributed by atoms with Crippen LogP contribution in [0.1, 0.15) is 41.9 Å². The molecule has 0 aromatic heterocycles. The van der Waals surface area contributed by atoms with Crippen molar-refractivity contribution >= 4 is 17.4 Å². The lowest BCUT2D eigenvalue weighted by molar-refractivity contribution is -0.119. The van der Waals surface area contributed by atoms with E-state index in [4.69, 9.17) is 11.6 Å². The highest BCUT2D eigenvalue weighted by molar-refractivity contribution is 6.30. The molecule has 0 amide bonds. The molecule has 3 rings (SSSR count). The molecule has 23 heavy (non-hydrogen) atoms. The van der Waals surface area contributed by atoms with Gasteiger partial charge in [0.25, 0.3) is 0 Å². The highest BCUT2D eigenvalue weighted by Crippen LogP contribution is 2.24. The number of rotatable bonds is 5. The molecule has 0 spiro atoms. The Hall–Kier alpha value is -1.64. The third-order valence-corrected chi connectivity index (χ3v) is 4.99. The van der Waals surface area contributed by atoms with E-state index < -0.39 is 0 Å². The molecule has 2 nitrogen and oxygen atoms in total. The molecule has 0 saturated carbocycles. The number of hydrogen-bond donors (Lipinski definition) is 1. The molecular weight excluding hydrogens is 306 g/mol. The lowest BCUT2D eigenvalue weighted by atomic mass is 9.91. The molecule has 0 aliphatic carbocycles. The van der Waals surface area contributed by atoms with Crippen LogP contribution in [0.3, 0.4) is 0 Å². The van der Waals surface area contributed by atoms with Crippen LogP contribution in [0.4, 0.5) is 0 Å². The van der Waals surface area contributed by atoms with E-state index in [0.29, 0.717) is 17.4 Å². The molecule has 2 aromatic carbocycles. The molecule has 1 aliphatic heterocycles. The van der Waals surface area contributed by atoms with Crippen LogP contribution in [0.25, 0.3) is 0 Å². The predicted molar refractivity (Wildman–Crippen MR) is 95.2 cm³/mol. The lowest BCUT2D eigenvalue weighted by Gasteiger charge is -2.12. The molecule has 3 heteroatoms. The Morgan fingerprint density at radius 1 is 1.17 bits per heavy atom. The monoisotopic (exact) mass is 327 g/mol. The van der Waals surface area contributed by atoms with Crippen molar-refractivity contribution in [1.82, 2.24) is 5.32 Å². The summed E-state index contributed by atoms with van der Waals surface area (Å²) in [5.74, 6) is 0.751. The quantitative estimate of drug-likeness (QED) is 0.885. The first-order valence-electron chi connectivity index (χ1n) is 8.21. The minimum atomic E-state index is -0.106. The molecule has 1 N–H and O–H groups in total. The lowest BCUT2D eigenvalue weighted by Crippen LogP contribution is -2.12. The van der Waals surface area contributed by atoms with Crippen molar-refractivity contribution < 1.29 is 4.79 Å². The topological polar surface area (TPSA) is 29.1 Å². The van der Waals surface area contributed by atoms with Crippen molar-refractivity contribution in [3.63, 3.8) is 0 Å². The van der Waals surface area contributed by atoms with Gasteiger partial charge >= 0.3 is 0 Å². The number of nitrogens with one attached hydrogen (secondary N) is 1. The summed E-state index contributed by atoms with van der Waals surface area (Å²) in [5, 5.41) is 4.09. The number of benzene rings is 2. The van der Waals surface area contributed by atoms with E-state index in [2.05, 4.69) is 29.6 Å². The number of carbonyl (C=O) groups excluding carboxylic acids is 1. The van der Waals surface area contributed by atoms with Crippen LogP contribution in [0, 0.1) is 0 Å². The Morgan fingerprint density at radius 2 is 1.87 bits per heavy atom. The zero-order chi connectivity index (χ0) is 16.2. The summed E-state index contributed by atoms with van der Waals surface area (Å²) < 4.78 is 0. The molecule has 1 fully saturated rings. The Kier molecular flexibility index (Phi) is 5.14. The standard InChI is InChI=1S/C20H22ClNO/c1-14(16-6-8-19(21)9-7-16)20(23)12-15-2-4-17(5-3-15)18-10-11-22-13-18/h2-9,14,18,22H,10-13H2,1H3. The first kappa shape index (κ1) is 16.2. The van der Waals surface area contributed by atoms with Crippen LogP contribution in [-0.2, 0) is 11.2 Å². The summed E-state index contributed by atoms with van der Waals surface area (Å²) in [7, 11) is 0. The van der Waals surface area contributed by atoms with Gasteiger partial charge in [0, 0.05) is 23.9 Å². The summed E-state index contributed by atoms with van der Waals surface area (Å²) in [4.78, 5) is 12.5. The fourth-order valence-electron chi connectivity index (χ4n) is 3.14. The maximum atomic E-state index is 12.5. The SMILES string of the molecule is CC(C(=O)Cc1ccc(C2CCNC2)cc1)c1ccc(Cl)cc1. The third kappa shape index (κ3) is 4.01. The molecule has 0 bridgehead atoms. The number of Topliss-reactive ketones (excluding diaryl/α,β-unsaturated/α-hetero) is 1. The van der Waals surface area contributed by atoms with Crippen LogP contribution in [0.2, 0.25) is 5.02 Å². The van der Waals surface area contributed by atoms with E-state index in [0.717, 1.165) is 24.2 Å². The van der Waals surface area contributed by atoms with Gasteiger partial charge in [-0.2, -0.15) is 0 Å². The van der Waals surface area contributed by atoms with E-state index in [1.54, 1.807) is 0 Å². The summed E-state index contributed by atoms with van der Waals surface area (Å²) in [5.41, 5.74) is 3.48. The Bertz CT molecular complexity index is 657. The van der Waals surface area contributed by atoms with Crippen molar-refractivity contribution in [2.75, 3.05) is 13.1 Å². The molecule has 1 heterocycles. The van der Waals surface area contributed by atoms with Crippen molar-refractivity contribution in [2.45, 2.75) is 31.6 Å². The average molecular weight is 328 g/mol. The Balaban J connectivity index is 1.63. The first-order chi connectivity index (χ1) is 11.1. The van der Waals surface area contributed by atoms with Gasteiger partial charge in [-0.15, -0.1) is 0 Å². The van der Waals surface area contributed by atoms with Crippen molar-refractivity contribution in [1.29, 1.82) is 0 Å². The van der Waals surface area contributed by atoms with Gasteiger partial charge in [-0.3, -0.25) is 4.79 Å². The summed E-state index contributed by atoms with van der Waals surface area (Å²) in [6.07, 6.45) is 1.68. The molecule has 2 unspecified atom stereocenters. The van der Waals surface area contributed by atoms with Crippen LogP contribution in [0.15, 0.2) is 48.5 Å². The van der Waals surface area contributed by atoms with Gasteiger partial charge in [0.2, 0.25) is 0 Å². The summed E-state index contributed by atoms with van der Waals surface area (Å²) >= 11 is 5.90. The van der Waals surface area contributed by atoms with Crippen LogP contribution in [0.5, 0.6) is 0 Å². The average Bonchev–Trinajstić information content (AvgIpc) is 3.10. The molecule has 2 aromatic rings. The van der Waals surface area contributed by atoms with Crippen LogP contribution >= 0.6 is 11.6 Å². The van der Waals surface area contributed by atoms with E-state index >= 15 is 0 Å². The van der Waals surface area contributed by atoms with E-state index in [1.807, 2.05) is 31.2 Å². The number of carbonyl (C=O) groups is 1. The van der Waals surface area contributed by atoms with Crippen molar-refractivity contribution in [3.8, 4) is 0 Å². The zero-order valence-electron chi connectivity index (χ0n) is 13.4. The van der Waals surface area contributed by atoms with Gasteiger partial charge in [-0.05, 0) is 47.7 Å². The molecule has 1 saturated heterocycles. The molecule has 2 atom stereocenters. The van der Waals surface area contributed by atoms with E-state index in [9.17, 15) is 4.79 Å². The first-order valence-corrected chi connectivity index (χ1v) is 8.59. The van der Waals surface area contributed by atoms with Gasteiger partial charge in [-0.25, -0.2) is 0 Å². The smallest absolute Gasteiger partial charge is 0.144 e. The van der Waals surface area contributed by atoms with Gasteiger partial charge in [0.1, 0.15) is 5.78 Å². The van der Waals surface area contributed by atoms with E-state index in [1.165, 1.54) is 12.0 Å².